The van der Waals surface area contributed by atoms with Crippen LogP contribution in [-0.2, 0) is 0 Å². The number of nitrogens with one attached hydrogen (secondary N) is 2. The number of aromatic amines is 1. The molecule has 164 valence electrons. The highest BCUT2D eigenvalue weighted by molar-refractivity contribution is 5.94. The van der Waals surface area contributed by atoms with Crippen molar-refractivity contribution in [1.82, 2.24) is 15.6 Å². The van der Waals surface area contributed by atoms with Gasteiger partial charge in [0.1, 0.15) is 17.2 Å². The van der Waals surface area contributed by atoms with Gasteiger partial charge in [-0.2, -0.15) is 15.5 Å². The lowest BCUT2D eigenvalue weighted by atomic mass is 10.0. The molecule has 1 aromatic heterocycles. The SMILES string of the molecule is CC1=C([C@@H](N)Oc2ccc3[nH]nc(-c4cc(C#N)cc(OC(C)C)c4)c3c2)C(C)NN=C1. The van der Waals surface area contributed by atoms with Gasteiger partial charge in [0.25, 0.3) is 0 Å². The molecule has 1 unspecified atom stereocenters. The molecule has 32 heavy (non-hydrogen) atoms. The number of aromatic nitrogens is 2. The number of hydrogen-bond acceptors (Lipinski definition) is 7. The predicted molar refractivity (Wildman–Crippen MR) is 124 cm³/mol. The Balaban J connectivity index is 1.70. The van der Waals surface area contributed by atoms with Crippen LogP contribution in [0.15, 0.2) is 52.6 Å². The van der Waals surface area contributed by atoms with Crippen molar-refractivity contribution in [2.24, 2.45) is 10.8 Å². The van der Waals surface area contributed by atoms with E-state index in [1.54, 1.807) is 18.3 Å². The zero-order chi connectivity index (χ0) is 22.8. The molecule has 0 saturated carbocycles. The summed E-state index contributed by atoms with van der Waals surface area (Å²) < 4.78 is 11.9. The number of nitriles is 1. The monoisotopic (exact) mass is 430 g/mol. The fourth-order valence-electron chi connectivity index (χ4n) is 3.84. The average Bonchev–Trinajstić information content (AvgIpc) is 3.16. The van der Waals surface area contributed by atoms with E-state index < -0.39 is 6.23 Å². The summed E-state index contributed by atoms with van der Waals surface area (Å²) >= 11 is 0. The summed E-state index contributed by atoms with van der Waals surface area (Å²) in [7, 11) is 0. The van der Waals surface area contributed by atoms with Gasteiger partial charge < -0.3 is 14.9 Å². The lowest BCUT2D eigenvalue weighted by molar-refractivity contribution is 0.233. The molecule has 0 bridgehead atoms. The van der Waals surface area contributed by atoms with Crippen LogP contribution in [0.1, 0.15) is 33.3 Å². The minimum atomic E-state index is -0.620. The molecule has 0 saturated heterocycles. The first-order valence-corrected chi connectivity index (χ1v) is 10.5. The number of rotatable bonds is 6. The lowest BCUT2D eigenvalue weighted by Crippen LogP contribution is -2.41. The van der Waals surface area contributed by atoms with Gasteiger partial charge in [0.05, 0.1) is 29.3 Å². The van der Waals surface area contributed by atoms with Crippen LogP contribution in [0.4, 0.5) is 0 Å². The van der Waals surface area contributed by atoms with Crippen molar-refractivity contribution in [2.75, 3.05) is 0 Å². The average molecular weight is 431 g/mol. The van der Waals surface area contributed by atoms with Crippen molar-refractivity contribution in [3.63, 3.8) is 0 Å². The number of ether oxygens (including phenoxy) is 2. The minimum absolute atomic E-state index is 0.00585. The second kappa shape index (κ2) is 8.73. The summed E-state index contributed by atoms with van der Waals surface area (Å²) in [5, 5.41) is 22.0. The molecule has 1 aliphatic rings. The molecule has 0 aliphatic carbocycles. The third-order valence-corrected chi connectivity index (χ3v) is 5.23. The molecular weight excluding hydrogens is 404 g/mol. The Morgan fingerprint density at radius 2 is 1.94 bits per heavy atom. The molecule has 8 nitrogen and oxygen atoms in total. The summed E-state index contributed by atoms with van der Waals surface area (Å²) in [6, 6.07) is 13.2. The fourth-order valence-corrected chi connectivity index (χ4v) is 3.84. The maximum Gasteiger partial charge on any atom is 0.172 e. The molecule has 0 fully saturated rings. The highest BCUT2D eigenvalue weighted by atomic mass is 16.5. The Morgan fingerprint density at radius 3 is 2.66 bits per heavy atom. The number of hydrogen-bond donors (Lipinski definition) is 3. The molecular formula is C24H26N6O2. The molecule has 1 aliphatic heterocycles. The van der Waals surface area contributed by atoms with Crippen LogP contribution in [0.3, 0.4) is 0 Å². The first kappa shape index (κ1) is 21.4. The molecule has 8 heteroatoms. The molecule has 2 atom stereocenters. The zero-order valence-corrected chi connectivity index (χ0v) is 18.5. The van der Waals surface area contributed by atoms with Crippen molar-refractivity contribution in [3.05, 3.63) is 53.1 Å². The van der Waals surface area contributed by atoms with Gasteiger partial charge in [0.15, 0.2) is 6.23 Å². The summed E-state index contributed by atoms with van der Waals surface area (Å²) in [5.41, 5.74) is 14.2. The minimum Gasteiger partial charge on any atom is -0.491 e. The standard InChI is InChI=1S/C24H26N6O2/c1-13(2)31-19-8-16(11-25)7-17(9-19)23-20-10-18(5-6-21(20)29-30-23)32-24(26)22-14(3)12-27-28-15(22)4/h5-10,12-13,15,24,28H,26H2,1-4H3,(H,29,30)/t15?,24-/m0/s1. The van der Waals surface area contributed by atoms with E-state index in [0.29, 0.717) is 22.8 Å². The number of benzene rings is 2. The number of fused-ring (bicyclic) bond motifs is 1. The first-order chi connectivity index (χ1) is 15.4. The van der Waals surface area contributed by atoms with Gasteiger partial charge >= 0.3 is 0 Å². The van der Waals surface area contributed by atoms with Gasteiger partial charge in [-0.1, -0.05) is 0 Å². The Bertz CT molecular complexity index is 1250. The molecule has 2 aromatic carbocycles. The third kappa shape index (κ3) is 4.29. The second-order valence-electron chi connectivity index (χ2n) is 8.09. The van der Waals surface area contributed by atoms with Crippen LogP contribution in [0, 0.1) is 11.3 Å². The molecule has 0 amide bonds. The van der Waals surface area contributed by atoms with Crippen LogP contribution in [0.25, 0.3) is 22.2 Å². The normalized spacial score (nSPS) is 16.7. The van der Waals surface area contributed by atoms with Crippen LogP contribution < -0.4 is 20.6 Å². The number of allylic oxidation sites excluding steroid dienone is 1. The zero-order valence-electron chi connectivity index (χ0n) is 18.5. The molecule has 2 heterocycles. The third-order valence-electron chi connectivity index (χ3n) is 5.23. The molecule has 3 aromatic rings. The summed E-state index contributed by atoms with van der Waals surface area (Å²) in [6.45, 7) is 7.85. The van der Waals surface area contributed by atoms with Crippen molar-refractivity contribution in [3.8, 4) is 28.8 Å². The maximum absolute atomic E-state index is 9.45. The largest absolute Gasteiger partial charge is 0.491 e. The summed E-state index contributed by atoms with van der Waals surface area (Å²) in [5.74, 6) is 1.25. The van der Waals surface area contributed by atoms with E-state index in [1.807, 2.05) is 52.0 Å². The van der Waals surface area contributed by atoms with Crippen LogP contribution in [0.5, 0.6) is 11.5 Å². The van der Waals surface area contributed by atoms with Gasteiger partial charge in [-0.15, -0.1) is 0 Å². The molecule has 4 rings (SSSR count). The van der Waals surface area contributed by atoms with Crippen molar-refractivity contribution < 1.29 is 9.47 Å². The second-order valence-corrected chi connectivity index (χ2v) is 8.09. The van der Waals surface area contributed by atoms with Crippen LogP contribution in [0.2, 0.25) is 0 Å². The van der Waals surface area contributed by atoms with E-state index in [1.165, 1.54) is 0 Å². The maximum atomic E-state index is 9.45. The molecule has 0 radical (unpaired) electrons. The fraction of sp³-hybridized carbons (Fsp3) is 0.292. The van der Waals surface area contributed by atoms with E-state index in [9.17, 15) is 5.26 Å². The van der Waals surface area contributed by atoms with Gasteiger partial charge in [-0.3, -0.25) is 10.8 Å². The number of hydrazone groups is 1. The Morgan fingerprint density at radius 1 is 1.12 bits per heavy atom. The van der Waals surface area contributed by atoms with Crippen LogP contribution >= 0.6 is 0 Å². The van der Waals surface area contributed by atoms with E-state index >= 15 is 0 Å². The summed E-state index contributed by atoms with van der Waals surface area (Å²) in [4.78, 5) is 0. The van der Waals surface area contributed by atoms with E-state index in [4.69, 9.17) is 15.2 Å². The highest BCUT2D eigenvalue weighted by Crippen LogP contribution is 2.33. The van der Waals surface area contributed by atoms with Gasteiger partial charge in [0, 0.05) is 22.7 Å². The van der Waals surface area contributed by atoms with E-state index in [2.05, 4.69) is 26.8 Å². The first-order valence-electron chi connectivity index (χ1n) is 10.5. The van der Waals surface area contributed by atoms with Gasteiger partial charge in [-0.25, -0.2) is 0 Å². The Hall–Kier alpha value is -3.83. The summed E-state index contributed by atoms with van der Waals surface area (Å²) in [6.07, 6.45) is 1.12. The van der Waals surface area contributed by atoms with Gasteiger partial charge in [0.2, 0.25) is 0 Å². The quantitative estimate of drug-likeness (QED) is 0.511. The number of H-pyrrole nitrogens is 1. The van der Waals surface area contributed by atoms with E-state index in [0.717, 1.165) is 27.6 Å². The molecule has 0 spiro atoms. The predicted octanol–water partition coefficient (Wildman–Crippen LogP) is 3.85. The highest BCUT2D eigenvalue weighted by Gasteiger charge is 2.22. The van der Waals surface area contributed by atoms with Gasteiger partial charge in [-0.05, 0) is 69.7 Å². The van der Waals surface area contributed by atoms with E-state index in [-0.39, 0.29) is 12.1 Å². The number of nitrogens with zero attached hydrogens (tertiary/aromatic N) is 3. The van der Waals surface area contributed by atoms with Crippen molar-refractivity contribution in [2.45, 2.75) is 46.1 Å². The van der Waals surface area contributed by atoms with Crippen molar-refractivity contribution in [1.29, 1.82) is 5.26 Å². The molecule has 4 N–H and O–H groups in total. The van der Waals surface area contributed by atoms with Crippen molar-refractivity contribution >= 4 is 17.1 Å². The number of nitrogens with two attached hydrogens (primary N) is 1. The Kier molecular flexibility index (Phi) is 5.84. The van der Waals surface area contributed by atoms with Crippen LogP contribution in [-0.4, -0.2) is 34.8 Å². The lowest BCUT2D eigenvalue weighted by Gasteiger charge is -2.26. The smallest absolute Gasteiger partial charge is 0.172 e. The Labute approximate surface area is 186 Å². The topological polar surface area (TPSA) is 121 Å².